The van der Waals surface area contributed by atoms with Crippen molar-refractivity contribution < 1.29 is 4.79 Å². The Labute approximate surface area is 225 Å². The van der Waals surface area contributed by atoms with Crippen LogP contribution < -0.4 is 0 Å². The summed E-state index contributed by atoms with van der Waals surface area (Å²) in [5, 5.41) is 0.984. The number of carbonyl (C=O) groups is 1. The van der Waals surface area contributed by atoms with Gasteiger partial charge in [0.05, 0.1) is 11.2 Å². The standard InChI is InChI=1S/C33H38N4O/c1-2-37-31-18-21-36(23-30(31)35-33(37)26-8-4-3-5-9-26)20-17-24-13-15-25(16-14-24)22-32(38)28-10-6-12-29-27(28)11-7-19-34-29/h3-12,19,24-25H,2,13-18,20-23H2,1H3. The van der Waals surface area contributed by atoms with Crippen molar-refractivity contribution in [3.63, 3.8) is 0 Å². The van der Waals surface area contributed by atoms with Crippen LogP contribution in [0.4, 0.5) is 0 Å². The van der Waals surface area contributed by atoms with E-state index in [2.05, 4.69) is 51.7 Å². The smallest absolute Gasteiger partial charge is 0.163 e. The van der Waals surface area contributed by atoms with Crippen LogP contribution in [-0.2, 0) is 19.5 Å². The van der Waals surface area contributed by atoms with Crippen LogP contribution in [0.15, 0.2) is 66.9 Å². The fourth-order valence-electron chi connectivity index (χ4n) is 6.64. The second-order valence-corrected chi connectivity index (χ2v) is 11.1. The lowest BCUT2D eigenvalue weighted by Gasteiger charge is -2.31. The van der Waals surface area contributed by atoms with Gasteiger partial charge in [0, 0.05) is 60.9 Å². The lowest BCUT2D eigenvalue weighted by atomic mass is 9.78. The van der Waals surface area contributed by atoms with Crippen LogP contribution in [0.5, 0.6) is 0 Å². The summed E-state index contributed by atoms with van der Waals surface area (Å²) in [7, 11) is 0. The second kappa shape index (κ2) is 11.2. The number of ketones is 1. The van der Waals surface area contributed by atoms with E-state index in [0.717, 1.165) is 60.8 Å². The highest BCUT2D eigenvalue weighted by Crippen LogP contribution is 2.34. The molecule has 0 radical (unpaired) electrons. The van der Waals surface area contributed by atoms with E-state index in [0.29, 0.717) is 12.3 Å². The van der Waals surface area contributed by atoms with Gasteiger partial charge in [-0.2, -0.15) is 0 Å². The molecule has 5 nitrogen and oxygen atoms in total. The van der Waals surface area contributed by atoms with Crippen molar-refractivity contribution in [2.75, 3.05) is 13.1 Å². The van der Waals surface area contributed by atoms with Gasteiger partial charge in [0.1, 0.15) is 5.82 Å². The Morgan fingerprint density at radius 2 is 1.76 bits per heavy atom. The summed E-state index contributed by atoms with van der Waals surface area (Å²) in [5.41, 5.74) is 5.65. The predicted molar refractivity (Wildman–Crippen MR) is 153 cm³/mol. The van der Waals surface area contributed by atoms with Crippen molar-refractivity contribution in [2.24, 2.45) is 11.8 Å². The molecule has 0 N–H and O–H groups in total. The number of carbonyl (C=O) groups excluding carboxylic acids is 1. The number of fused-ring (bicyclic) bond motifs is 2. The molecule has 0 spiro atoms. The lowest BCUT2D eigenvalue weighted by Crippen LogP contribution is -2.33. The molecule has 0 bridgehead atoms. The topological polar surface area (TPSA) is 51.0 Å². The van der Waals surface area contributed by atoms with Gasteiger partial charge in [-0.3, -0.25) is 14.7 Å². The number of Topliss-reactive ketones (excluding diaryl/α,β-unsaturated/α-hetero) is 1. The summed E-state index contributed by atoms with van der Waals surface area (Å²) < 4.78 is 2.42. The van der Waals surface area contributed by atoms with Crippen LogP contribution in [0.1, 0.15) is 67.2 Å². The van der Waals surface area contributed by atoms with E-state index in [1.165, 1.54) is 49.1 Å². The quantitative estimate of drug-likeness (QED) is 0.243. The number of benzene rings is 2. The largest absolute Gasteiger partial charge is 0.328 e. The molecular formula is C33H38N4O. The van der Waals surface area contributed by atoms with Crippen LogP contribution in [0.25, 0.3) is 22.3 Å². The first-order valence-electron chi connectivity index (χ1n) is 14.4. The Morgan fingerprint density at radius 1 is 0.947 bits per heavy atom. The molecule has 38 heavy (non-hydrogen) atoms. The third-order valence-electron chi connectivity index (χ3n) is 8.78. The first kappa shape index (κ1) is 25.0. The Morgan fingerprint density at radius 3 is 2.58 bits per heavy atom. The van der Waals surface area contributed by atoms with Gasteiger partial charge in [0.15, 0.2) is 5.78 Å². The average Bonchev–Trinajstić information content (AvgIpc) is 3.35. The molecule has 0 saturated heterocycles. The summed E-state index contributed by atoms with van der Waals surface area (Å²) in [6.45, 7) is 6.43. The molecule has 1 aliphatic heterocycles. The van der Waals surface area contributed by atoms with Crippen LogP contribution in [0.3, 0.4) is 0 Å². The van der Waals surface area contributed by atoms with Gasteiger partial charge in [-0.15, -0.1) is 0 Å². The minimum Gasteiger partial charge on any atom is -0.328 e. The Balaban J connectivity index is 1.00. The molecular weight excluding hydrogens is 468 g/mol. The summed E-state index contributed by atoms with van der Waals surface area (Å²) in [4.78, 5) is 25.3. The number of pyridine rings is 1. The summed E-state index contributed by atoms with van der Waals surface area (Å²) in [6.07, 6.45) is 9.63. The van der Waals surface area contributed by atoms with Crippen molar-refractivity contribution in [1.82, 2.24) is 19.4 Å². The van der Waals surface area contributed by atoms with Crippen molar-refractivity contribution in [2.45, 2.75) is 65.0 Å². The van der Waals surface area contributed by atoms with Gasteiger partial charge in [-0.1, -0.05) is 61.4 Å². The zero-order chi connectivity index (χ0) is 25.9. The van der Waals surface area contributed by atoms with E-state index in [9.17, 15) is 4.79 Å². The maximum atomic E-state index is 13.1. The summed E-state index contributed by atoms with van der Waals surface area (Å²) in [5.74, 6) is 2.68. The van der Waals surface area contributed by atoms with Gasteiger partial charge in [-0.05, 0) is 56.7 Å². The van der Waals surface area contributed by atoms with Gasteiger partial charge in [-0.25, -0.2) is 4.98 Å². The Hall–Kier alpha value is -3.31. The molecule has 4 aromatic rings. The number of rotatable bonds is 8. The van der Waals surface area contributed by atoms with Gasteiger partial charge >= 0.3 is 0 Å². The third kappa shape index (κ3) is 5.17. The van der Waals surface area contributed by atoms with E-state index in [1.807, 2.05) is 30.3 Å². The molecule has 2 aromatic heterocycles. The van der Waals surface area contributed by atoms with Crippen LogP contribution in [0.2, 0.25) is 0 Å². The number of imidazole rings is 1. The SMILES string of the molecule is CCn1c(-c2ccccc2)nc2c1CCN(CCC1CCC(CC(=O)c3cccc4ncccc34)CC1)C2. The first-order valence-corrected chi connectivity index (χ1v) is 14.4. The minimum atomic E-state index is 0.276. The average molecular weight is 507 g/mol. The molecule has 6 rings (SSSR count). The molecule has 5 heteroatoms. The maximum absolute atomic E-state index is 13.1. The molecule has 1 fully saturated rings. The lowest BCUT2D eigenvalue weighted by molar-refractivity contribution is 0.0941. The van der Waals surface area contributed by atoms with Crippen molar-refractivity contribution in [1.29, 1.82) is 0 Å². The molecule has 0 amide bonds. The molecule has 196 valence electrons. The highest BCUT2D eigenvalue weighted by atomic mass is 16.1. The van der Waals surface area contributed by atoms with E-state index in [1.54, 1.807) is 6.20 Å². The number of aromatic nitrogens is 3. The predicted octanol–water partition coefficient (Wildman–Crippen LogP) is 6.95. The summed E-state index contributed by atoms with van der Waals surface area (Å²) >= 11 is 0. The highest BCUT2D eigenvalue weighted by Gasteiger charge is 2.27. The third-order valence-corrected chi connectivity index (χ3v) is 8.78. The zero-order valence-corrected chi connectivity index (χ0v) is 22.5. The molecule has 3 heterocycles. The van der Waals surface area contributed by atoms with E-state index >= 15 is 0 Å². The molecule has 2 aromatic carbocycles. The fourth-order valence-corrected chi connectivity index (χ4v) is 6.64. The maximum Gasteiger partial charge on any atom is 0.163 e. The van der Waals surface area contributed by atoms with E-state index < -0.39 is 0 Å². The Bertz CT molecular complexity index is 1400. The van der Waals surface area contributed by atoms with Crippen molar-refractivity contribution >= 4 is 16.7 Å². The minimum absolute atomic E-state index is 0.276. The van der Waals surface area contributed by atoms with Gasteiger partial charge in [0.25, 0.3) is 0 Å². The molecule has 0 unspecified atom stereocenters. The molecule has 2 aliphatic rings. The monoisotopic (exact) mass is 506 g/mol. The van der Waals surface area contributed by atoms with Crippen LogP contribution >= 0.6 is 0 Å². The summed E-state index contributed by atoms with van der Waals surface area (Å²) in [6, 6.07) is 20.4. The van der Waals surface area contributed by atoms with Gasteiger partial charge in [0.2, 0.25) is 0 Å². The molecule has 0 atom stereocenters. The van der Waals surface area contributed by atoms with E-state index in [4.69, 9.17) is 4.98 Å². The fraction of sp³-hybridized carbons (Fsp3) is 0.424. The van der Waals surface area contributed by atoms with Gasteiger partial charge < -0.3 is 4.57 Å². The van der Waals surface area contributed by atoms with Crippen molar-refractivity contribution in [3.05, 3.63) is 83.8 Å². The second-order valence-electron chi connectivity index (χ2n) is 11.1. The molecule has 1 saturated carbocycles. The number of hydrogen-bond donors (Lipinski definition) is 0. The Kier molecular flexibility index (Phi) is 7.37. The highest BCUT2D eigenvalue weighted by molar-refractivity contribution is 6.07. The first-order chi connectivity index (χ1) is 18.7. The normalized spacial score (nSPS) is 19.9. The number of nitrogens with zero attached hydrogens (tertiary/aromatic N) is 4. The molecule has 1 aliphatic carbocycles. The zero-order valence-electron chi connectivity index (χ0n) is 22.5. The van der Waals surface area contributed by atoms with Crippen LogP contribution in [0, 0.1) is 11.8 Å². The number of hydrogen-bond acceptors (Lipinski definition) is 4. The van der Waals surface area contributed by atoms with E-state index in [-0.39, 0.29) is 5.78 Å². The van der Waals surface area contributed by atoms with Crippen LogP contribution in [-0.4, -0.2) is 38.3 Å². The van der Waals surface area contributed by atoms with Crippen molar-refractivity contribution in [3.8, 4) is 11.4 Å².